The second-order valence-electron chi connectivity index (χ2n) is 28.4. The molecule has 0 saturated carbocycles. The molecule has 10 heteroatoms. The lowest BCUT2D eigenvalue weighted by molar-refractivity contribution is -0.870. The van der Waals surface area contributed by atoms with Crippen molar-refractivity contribution in [3.05, 3.63) is 48.6 Å². The van der Waals surface area contributed by atoms with Gasteiger partial charge in [-0.1, -0.05) is 390 Å². The fourth-order valence-corrected chi connectivity index (χ4v) is 12.8. The third-order valence-electron chi connectivity index (χ3n) is 18.1. The lowest BCUT2D eigenvalue weighted by atomic mass is 10.0. The van der Waals surface area contributed by atoms with Gasteiger partial charge in [0, 0.05) is 12.8 Å². The number of unbranched alkanes of at least 4 members (excludes halogenated alkanes) is 53. The van der Waals surface area contributed by atoms with Crippen LogP contribution in [0.3, 0.4) is 0 Å². The predicted octanol–water partition coefficient (Wildman–Crippen LogP) is 25.7. The molecule has 2 atom stereocenters. The molecule has 0 rings (SSSR count). The maximum Gasteiger partial charge on any atom is 0.306 e. The minimum atomic E-state index is -4.64. The van der Waals surface area contributed by atoms with E-state index in [0.717, 1.165) is 64.2 Å². The molecule has 0 bridgehead atoms. The van der Waals surface area contributed by atoms with Crippen molar-refractivity contribution in [3.63, 3.8) is 0 Å². The van der Waals surface area contributed by atoms with Gasteiger partial charge in [0.05, 0.1) is 27.7 Å². The molecule has 0 radical (unpaired) electrons. The Labute approximate surface area is 566 Å². The monoisotopic (exact) mass is 1300 g/mol. The fourth-order valence-electron chi connectivity index (χ4n) is 12.1. The van der Waals surface area contributed by atoms with Crippen molar-refractivity contribution in [1.82, 2.24) is 0 Å². The predicted molar refractivity (Wildman–Crippen MR) is 393 cm³/mol. The summed E-state index contributed by atoms with van der Waals surface area (Å²) >= 11 is 0. The van der Waals surface area contributed by atoms with Crippen LogP contribution in [0.25, 0.3) is 0 Å². The fraction of sp³-hybridized carbons (Fsp3) is 0.877. The molecule has 0 aromatic carbocycles. The second-order valence-corrected chi connectivity index (χ2v) is 29.8. The number of quaternary nitrogens is 1. The van der Waals surface area contributed by atoms with Crippen molar-refractivity contribution in [2.75, 3.05) is 47.5 Å². The zero-order valence-electron chi connectivity index (χ0n) is 61.3. The van der Waals surface area contributed by atoms with E-state index in [-0.39, 0.29) is 32.0 Å². The summed E-state index contributed by atoms with van der Waals surface area (Å²) in [5.74, 6) is -0.814. The average Bonchev–Trinajstić information content (AvgIpc) is 3.74. The molecule has 0 N–H and O–H groups in total. The van der Waals surface area contributed by atoms with Crippen molar-refractivity contribution in [3.8, 4) is 0 Å². The lowest BCUT2D eigenvalue weighted by Gasteiger charge is -2.28. The van der Waals surface area contributed by atoms with Crippen LogP contribution in [0.5, 0.6) is 0 Å². The van der Waals surface area contributed by atoms with Gasteiger partial charge in [-0.3, -0.25) is 14.2 Å². The molecule has 0 aromatic rings. The van der Waals surface area contributed by atoms with Crippen molar-refractivity contribution in [2.24, 2.45) is 0 Å². The summed E-state index contributed by atoms with van der Waals surface area (Å²) in [6.45, 7) is 4.20. The number of rotatable bonds is 75. The highest BCUT2D eigenvalue weighted by molar-refractivity contribution is 7.45. The van der Waals surface area contributed by atoms with E-state index >= 15 is 0 Å². The molecule has 0 aromatic heterocycles. The first-order valence-corrected chi connectivity index (χ1v) is 41.3. The maximum atomic E-state index is 12.9. The van der Waals surface area contributed by atoms with Gasteiger partial charge < -0.3 is 27.9 Å². The SMILES string of the molecule is CC/C=C\C/C=C\C/C=C\C/C=C\CCCCCCCCCCCCCCCCC(=O)OC(COC(=O)CCCCCCCCCCCCCCCCCCCCCCCCCCCCCCCCCCCCCCCCCC)COP(=O)([O-])OCC[N+](C)(C)C. The number of likely N-dealkylation sites (N-methyl/N-ethyl adjacent to an activating group) is 1. The Morgan fingerprint density at radius 2 is 0.626 bits per heavy atom. The Hall–Kier alpha value is -2.03. The Kier molecular flexibility index (Phi) is 70.6. The van der Waals surface area contributed by atoms with Crippen LogP contribution >= 0.6 is 7.82 Å². The summed E-state index contributed by atoms with van der Waals surface area (Å²) in [5.41, 5.74) is 0. The van der Waals surface area contributed by atoms with Crippen LogP contribution < -0.4 is 4.89 Å². The zero-order chi connectivity index (χ0) is 66.2. The number of ether oxygens (including phenoxy) is 2. The van der Waals surface area contributed by atoms with E-state index in [9.17, 15) is 19.0 Å². The number of phosphoric acid groups is 1. The number of hydrogen-bond acceptors (Lipinski definition) is 8. The van der Waals surface area contributed by atoms with Crippen molar-refractivity contribution in [2.45, 2.75) is 412 Å². The molecule has 91 heavy (non-hydrogen) atoms. The first kappa shape index (κ1) is 89.0. The Morgan fingerprint density at radius 1 is 0.352 bits per heavy atom. The van der Waals surface area contributed by atoms with Crippen molar-refractivity contribution in [1.29, 1.82) is 0 Å². The van der Waals surface area contributed by atoms with Gasteiger partial charge in [0.2, 0.25) is 0 Å². The van der Waals surface area contributed by atoms with Crippen LogP contribution in [-0.2, 0) is 32.7 Å². The summed E-state index contributed by atoms with van der Waals surface area (Å²) in [6.07, 6.45) is 95.4. The minimum absolute atomic E-state index is 0.0293. The normalized spacial score (nSPS) is 13.3. The largest absolute Gasteiger partial charge is 0.756 e. The van der Waals surface area contributed by atoms with Crippen LogP contribution in [0, 0.1) is 0 Å². The van der Waals surface area contributed by atoms with Crippen LogP contribution in [0.4, 0.5) is 0 Å². The van der Waals surface area contributed by atoms with Gasteiger partial charge in [-0.25, -0.2) is 0 Å². The molecule has 0 saturated heterocycles. The van der Waals surface area contributed by atoms with Crippen molar-refractivity contribution < 1.29 is 42.1 Å². The molecular weight excluding hydrogens is 1150 g/mol. The van der Waals surface area contributed by atoms with E-state index in [1.165, 1.54) is 308 Å². The molecule has 0 aliphatic heterocycles. The van der Waals surface area contributed by atoms with Crippen LogP contribution in [0.2, 0.25) is 0 Å². The molecular formula is C81H154NO8P. The number of carbonyl (C=O) groups is 2. The Morgan fingerprint density at radius 3 is 0.934 bits per heavy atom. The maximum absolute atomic E-state index is 12.9. The van der Waals surface area contributed by atoms with E-state index < -0.39 is 26.5 Å². The van der Waals surface area contributed by atoms with E-state index in [1.807, 2.05) is 21.1 Å². The summed E-state index contributed by atoms with van der Waals surface area (Å²) in [6, 6.07) is 0. The quantitative estimate of drug-likeness (QED) is 0.0195. The zero-order valence-corrected chi connectivity index (χ0v) is 62.2. The van der Waals surface area contributed by atoms with Gasteiger partial charge in [-0.2, -0.15) is 0 Å². The van der Waals surface area contributed by atoms with Gasteiger partial charge >= 0.3 is 11.9 Å². The highest BCUT2D eigenvalue weighted by Crippen LogP contribution is 2.38. The minimum Gasteiger partial charge on any atom is -0.756 e. The summed E-state index contributed by atoms with van der Waals surface area (Å²) in [5, 5.41) is 0. The van der Waals surface area contributed by atoms with Gasteiger partial charge in [0.25, 0.3) is 7.82 Å². The number of carbonyl (C=O) groups excluding carboxylic acids is 2. The standard InChI is InChI=1S/C81H154NO8P/c1-6-8-10-12-14-16-18-20-22-24-26-28-30-32-34-35-36-37-38-39-40-41-42-43-44-45-46-48-49-51-53-55-57-59-61-63-65-67-69-71-73-80(83)87-77-79(78-89-91(85,86)88-76-75-82(3,4)5)90-81(84)74-72-70-68-66-64-62-60-58-56-54-52-50-47-33-31-29-27-25-23-21-19-17-15-13-11-9-7-2/h9,11,15,17,21,23,27,29,79H,6-8,10,12-14,16,18-20,22,24-26,28,30-78H2,1-5H3/b11-9-,17-15-,23-21-,29-27-. The first-order valence-electron chi connectivity index (χ1n) is 39.8. The molecule has 0 spiro atoms. The third kappa shape index (κ3) is 76.9. The van der Waals surface area contributed by atoms with Crippen LogP contribution in [0.1, 0.15) is 406 Å². The van der Waals surface area contributed by atoms with Gasteiger partial charge in [-0.15, -0.1) is 0 Å². The van der Waals surface area contributed by atoms with Gasteiger partial charge in [0.15, 0.2) is 6.10 Å². The molecule has 0 aliphatic rings. The summed E-state index contributed by atoms with van der Waals surface area (Å²) < 4.78 is 34.4. The second kappa shape index (κ2) is 72.2. The van der Waals surface area contributed by atoms with E-state index in [1.54, 1.807) is 0 Å². The summed E-state index contributed by atoms with van der Waals surface area (Å²) in [7, 11) is 1.18. The molecule has 0 amide bonds. The first-order chi connectivity index (χ1) is 44.5. The van der Waals surface area contributed by atoms with Gasteiger partial charge in [0.1, 0.15) is 19.8 Å². The topological polar surface area (TPSA) is 111 Å². The van der Waals surface area contributed by atoms with Gasteiger partial charge in [-0.05, 0) is 51.4 Å². The Balaban J connectivity index is 3.87. The lowest BCUT2D eigenvalue weighted by Crippen LogP contribution is -2.37. The molecule has 0 fully saturated rings. The van der Waals surface area contributed by atoms with E-state index in [4.69, 9.17) is 18.5 Å². The highest BCUT2D eigenvalue weighted by Gasteiger charge is 2.22. The number of nitrogens with zero attached hydrogens (tertiary/aromatic N) is 1. The molecule has 2 unspecified atom stereocenters. The molecule has 9 nitrogen and oxygen atoms in total. The Bertz CT molecular complexity index is 1670. The number of hydrogen-bond donors (Lipinski definition) is 0. The smallest absolute Gasteiger partial charge is 0.306 e. The summed E-state index contributed by atoms with van der Waals surface area (Å²) in [4.78, 5) is 38.1. The van der Waals surface area contributed by atoms with Crippen LogP contribution in [-0.4, -0.2) is 70.0 Å². The molecule has 0 heterocycles. The van der Waals surface area contributed by atoms with Crippen molar-refractivity contribution >= 4 is 19.8 Å². The highest BCUT2D eigenvalue weighted by atomic mass is 31.2. The van der Waals surface area contributed by atoms with Crippen LogP contribution in [0.15, 0.2) is 48.6 Å². The van der Waals surface area contributed by atoms with E-state index in [2.05, 4.69) is 62.5 Å². The number of phosphoric ester groups is 1. The third-order valence-corrected chi connectivity index (χ3v) is 19.1. The average molecular weight is 1300 g/mol. The molecule has 536 valence electrons. The molecule has 0 aliphatic carbocycles. The van der Waals surface area contributed by atoms with E-state index in [0.29, 0.717) is 17.4 Å². The number of allylic oxidation sites excluding steroid dienone is 8. The number of esters is 2.